The van der Waals surface area contributed by atoms with Crippen LogP contribution in [0.25, 0.3) is 0 Å². The highest BCUT2D eigenvalue weighted by Crippen LogP contribution is 2.35. The Morgan fingerprint density at radius 3 is 2.63 bits per heavy atom. The van der Waals surface area contributed by atoms with Crippen molar-refractivity contribution in [2.24, 2.45) is 0 Å². The number of nitrogens with one attached hydrogen (secondary N) is 2. The van der Waals surface area contributed by atoms with Crippen molar-refractivity contribution in [3.05, 3.63) is 36.4 Å². The molecule has 0 saturated carbocycles. The van der Waals surface area contributed by atoms with Crippen molar-refractivity contribution in [1.29, 1.82) is 0 Å². The number of ether oxygens (including phenoxy) is 4. The van der Waals surface area contributed by atoms with Gasteiger partial charge in [0.05, 0.1) is 25.9 Å². The van der Waals surface area contributed by atoms with Gasteiger partial charge in [0.2, 0.25) is 5.91 Å². The van der Waals surface area contributed by atoms with Crippen LogP contribution in [-0.2, 0) is 4.79 Å². The SMILES string of the molecule is COc1ccc(OC)c(NC(=O)NC2CC(=O)N(c3ccc4c(c3)OCCO4)C2)c1. The minimum absolute atomic E-state index is 0.0732. The lowest BCUT2D eigenvalue weighted by atomic mass is 10.2. The van der Waals surface area contributed by atoms with Crippen LogP contribution in [0, 0.1) is 0 Å². The van der Waals surface area contributed by atoms with Gasteiger partial charge in [0, 0.05) is 30.8 Å². The average Bonchev–Trinajstić information content (AvgIpc) is 3.12. The van der Waals surface area contributed by atoms with Gasteiger partial charge in [-0.25, -0.2) is 4.79 Å². The molecule has 158 valence electrons. The molecule has 1 atom stereocenters. The summed E-state index contributed by atoms with van der Waals surface area (Å²) in [6.07, 6.45) is 0.205. The molecule has 1 unspecified atom stereocenters. The van der Waals surface area contributed by atoms with Crippen LogP contribution in [0.5, 0.6) is 23.0 Å². The van der Waals surface area contributed by atoms with E-state index in [1.165, 1.54) is 7.11 Å². The van der Waals surface area contributed by atoms with Crippen molar-refractivity contribution in [2.75, 3.05) is 44.2 Å². The van der Waals surface area contributed by atoms with E-state index in [1.54, 1.807) is 42.3 Å². The molecule has 0 radical (unpaired) electrons. The van der Waals surface area contributed by atoms with Crippen LogP contribution < -0.4 is 34.5 Å². The highest BCUT2D eigenvalue weighted by atomic mass is 16.6. The first-order valence-corrected chi connectivity index (χ1v) is 9.57. The summed E-state index contributed by atoms with van der Waals surface area (Å²) in [5.41, 5.74) is 1.19. The molecule has 2 aliphatic rings. The third-order valence-corrected chi connectivity index (χ3v) is 4.95. The fourth-order valence-electron chi connectivity index (χ4n) is 3.51. The highest BCUT2D eigenvalue weighted by Gasteiger charge is 2.32. The molecule has 2 aromatic carbocycles. The molecule has 0 spiro atoms. The number of methoxy groups -OCH3 is 2. The summed E-state index contributed by atoms with van der Waals surface area (Å²) in [5, 5.41) is 5.60. The van der Waals surface area contributed by atoms with E-state index in [-0.39, 0.29) is 18.4 Å². The third-order valence-electron chi connectivity index (χ3n) is 4.95. The Balaban J connectivity index is 1.41. The largest absolute Gasteiger partial charge is 0.497 e. The highest BCUT2D eigenvalue weighted by molar-refractivity contribution is 5.98. The van der Waals surface area contributed by atoms with E-state index in [2.05, 4.69) is 10.6 Å². The second-order valence-corrected chi connectivity index (χ2v) is 6.90. The average molecular weight is 413 g/mol. The second-order valence-electron chi connectivity index (χ2n) is 6.90. The zero-order valence-electron chi connectivity index (χ0n) is 16.8. The Kier molecular flexibility index (Phi) is 5.51. The summed E-state index contributed by atoms with van der Waals surface area (Å²) in [7, 11) is 3.06. The Morgan fingerprint density at radius 2 is 1.87 bits per heavy atom. The molecule has 2 heterocycles. The van der Waals surface area contributed by atoms with Crippen LogP contribution in [0.15, 0.2) is 36.4 Å². The summed E-state index contributed by atoms with van der Waals surface area (Å²) in [5.74, 6) is 2.30. The van der Waals surface area contributed by atoms with E-state index in [4.69, 9.17) is 18.9 Å². The van der Waals surface area contributed by atoms with Gasteiger partial charge < -0.3 is 34.5 Å². The minimum atomic E-state index is -0.427. The number of nitrogens with zero attached hydrogens (tertiary/aromatic N) is 1. The van der Waals surface area contributed by atoms with Gasteiger partial charge in [-0.05, 0) is 24.3 Å². The number of amides is 3. The molecule has 2 aliphatic heterocycles. The molecule has 4 rings (SSSR count). The predicted octanol–water partition coefficient (Wildman–Crippen LogP) is 2.40. The molecule has 30 heavy (non-hydrogen) atoms. The first-order chi connectivity index (χ1) is 14.6. The zero-order chi connectivity index (χ0) is 21.1. The summed E-state index contributed by atoms with van der Waals surface area (Å²) in [6.45, 7) is 1.35. The van der Waals surface area contributed by atoms with E-state index < -0.39 is 6.03 Å². The number of anilines is 2. The zero-order valence-corrected chi connectivity index (χ0v) is 16.8. The van der Waals surface area contributed by atoms with Gasteiger partial charge in [-0.1, -0.05) is 0 Å². The summed E-state index contributed by atoms with van der Waals surface area (Å²) in [4.78, 5) is 26.6. The first-order valence-electron chi connectivity index (χ1n) is 9.57. The first kappa shape index (κ1) is 19.7. The van der Waals surface area contributed by atoms with Gasteiger partial charge in [-0.15, -0.1) is 0 Å². The number of hydrogen-bond acceptors (Lipinski definition) is 6. The van der Waals surface area contributed by atoms with Crippen molar-refractivity contribution in [2.45, 2.75) is 12.5 Å². The molecule has 2 N–H and O–H groups in total. The van der Waals surface area contributed by atoms with Gasteiger partial charge in [0.15, 0.2) is 11.5 Å². The lowest BCUT2D eigenvalue weighted by Crippen LogP contribution is -2.39. The van der Waals surface area contributed by atoms with Crippen LogP contribution >= 0.6 is 0 Å². The molecular weight excluding hydrogens is 390 g/mol. The normalized spacial score (nSPS) is 17.5. The molecule has 0 bridgehead atoms. The summed E-state index contributed by atoms with van der Waals surface area (Å²) in [6, 6.07) is 9.75. The maximum Gasteiger partial charge on any atom is 0.319 e. The number of urea groups is 1. The molecule has 0 aromatic heterocycles. The molecule has 0 aliphatic carbocycles. The molecule has 1 fully saturated rings. The van der Waals surface area contributed by atoms with E-state index in [1.807, 2.05) is 6.07 Å². The Bertz CT molecular complexity index is 964. The second kappa shape index (κ2) is 8.40. The minimum Gasteiger partial charge on any atom is -0.497 e. The molecule has 9 nitrogen and oxygen atoms in total. The standard InChI is InChI=1S/C21H23N3O6/c1-27-15-4-6-17(28-2)16(11-15)23-21(26)22-13-9-20(25)24(12-13)14-3-5-18-19(10-14)30-8-7-29-18/h3-6,10-11,13H,7-9,12H2,1-2H3,(H2,22,23,26). The number of benzene rings is 2. The monoisotopic (exact) mass is 413 g/mol. The molecule has 2 aromatic rings. The van der Waals surface area contributed by atoms with Crippen LogP contribution in [0.2, 0.25) is 0 Å². The number of hydrogen-bond donors (Lipinski definition) is 2. The number of carbonyl (C=O) groups excluding carboxylic acids is 2. The van der Waals surface area contributed by atoms with Crippen molar-refractivity contribution in [3.63, 3.8) is 0 Å². The fraction of sp³-hybridized carbons (Fsp3) is 0.333. The van der Waals surface area contributed by atoms with Gasteiger partial charge >= 0.3 is 6.03 Å². The Labute approximate surface area is 173 Å². The van der Waals surface area contributed by atoms with E-state index in [9.17, 15) is 9.59 Å². The van der Waals surface area contributed by atoms with Crippen molar-refractivity contribution >= 4 is 23.3 Å². The topological polar surface area (TPSA) is 98.4 Å². The van der Waals surface area contributed by atoms with Gasteiger partial charge in [-0.2, -0.15) is 0 Å². The molecule has 1 saturated heterocycles. The molecule has 3 amide bonds. The smallest absolute Gasteiger partial charge is 0.319 e. The van der Waals surface area contributed by atoms with E-state index in [0.29, 0.717) is 54.1 Å². The van der Waals surface area contributed by atoms with Gasteiger partial charge in [0.25, 0.3) is 0 Å². The molecule has 9 heteroatoms. The van der Waals surface area contributed by atoms with Crippen LogP contribution in [0.1, 0.15) is 6.42 Å². The van der Waals surface area contributed by atoms with Gasteiger partial charge in [0.1, 0.15) is 24.7 Å². The number of carbonyl (C=O) groups is 2. The third kappa shape index (κ3) is 4.05. The van der Waals surface area contributed by atoms with Crippen molar-refractivity contribution < 1.29 is 28.5 Å². The fourth-order valence-corrected chi connectivity index (χ4v) is 3.51. The van der Waals surface area contributed by atoms with E-state index in [0.717, 1.165) is 0 Å². The lowest BCUT2D eigenvalue weighted by molar-refractivity contribution is -0.117. The Hall–Kier alpha value is -3.62. The predicted molar refractivity (Wildman–Crippen MR) is 110 cm³/mol. The maximum absolute atomic E-state index is 12.5. The molecular formula is C21H23N3O6. The number of rotatable bonds is 5. The van der Waals surface area contributed by atoms with Crippen LogP contribution in [0.3, 0.4) is 0 Å². The quantitative estimate of drug-likeness (QED) is 0.781. The van der Waals surface area contributed by atoms with Crippen LogP contribution in [0.4, 0.5) is 16.2 Å². The van der Waals surface area contributed by atoms with Gasteiger partial charge in [-0.3, -0.25) is 4.79 Å². The maximum atomic E-state index is 12.5. The summed E-state index contributed by atoms with van der Waals surface area (Å²) < 4.78 is 21.6. The van der Waals surface area contributed by atoms with E-state index >= 15 is 0 Å². The van der Waals surface area contributed by atoms with Crippen molar-refractivity contribution in [1.82, 2.24) is 5.32 Å². The van der Waals surface area contributed by atoms with Crippen LogP contribution in [-0.4, -0.2) is 52.0 Å². The lowest BCUT2D eigenvalue weighted by Gasteiger charge is -2.22. The Morgan fingerprint density at radius 1 is 1.07 bits per heavy atom. The summed E-state index contributed by atoms with van der Waals surface area (Å²) >= 11 is 0. The number of fused-ring (bicyclic) bond motifs is 1. The van der Waals surface area contributed by atoms with Crippen molar-refractivity contribution in [3.8, 4) is 23.0 Å².